The molecule has 0 aliphatic heterocycles. The van der Waals surface area contributed by atoms with Gasteiger partial charge in [0, 0.05) is 0 Å². The molecule has 0 fully saturated rings. The molecule has 0 spiro atoms. The molecule has 1 aromatic rings. The molecular formula is C13H20N2O2. The van der Waals surface area contributed by atoms with Crippen LogP contribution in [0.3, 0.4) is 0 Å². The summed E-state index contributed by atoms with van der Waals surface area (Å²) in [6, 6.07) is 5.73. The van der Waals surface area contributed by atoms with E-state index in [0.717, 1.165) is 5.56 Å². The first-order valence-corrected chi connectivity index (χ1v) is 5.45. The first-order chi connectivity index (χ1) is 8.12. The normalized spacial score (nSPS) is 11.8. The Morgan fingerprint density at radius 3 is 2.35 bits per heavy atom. The Labute approximate surface area is 102 Å². The maximum Gasteiger partial charge on any atom is 0.161 e. The Morgan fingerprint density at radius 1 is 1.24 bits per heavy atom. The highest BCUT2D eigenvalue weighted by molar-refractivity contribution is 5.44. The highest BCUT2D eigenvalue weighted by Gasteiger charge is 2.10. The van der Waals surface area contributed by atoms with E-state index in [4.69, 9.17) is 15.3 Å². The predicted molar refractivity (Wildman–Crippen MR) is 69.0 cm³/mol. The zero-order chi connectivity index (χ0) is 12.8. The van der Waals surface area contributed by atoms with Crippen molar-refractivity contribution in [3.8, 4) is 11.5 Å². The van der Waals surface area contributed by atoms with Gasteiger partial charge in [0.05, 0.1) is 20.3 Å². The van der Waals surface area contributed by atoms with Crippen molar-refractivity contribution < 1.29 is 9.47 Å². The lowest BCUT2D eigenvalue weighted by atomic mass is 10.0. The molecule has 0 amide bonds. The largest absolute Gasteiger partial charge is 0.493 e. The summed E-state index contributed by atoms with van der Waals surface area (Å²) in [6.45, 7) is 4.07. The Morgan fingerprint density at radius 2 is 1.88 bits per heavy atom. The molecule has 1 aromatic carbocycles. The number of allylic oxidation sites excluding steroid dienone is 1. The molecule has 0 heterocycles. The zero-order valence-electron chi connectivity index (χ0n) is 10.8. The monoisotopic (exact) mass is 236 g/mol. The molecule has 0 radical (unpaired) electrons. The summed E-state index contributed by atoms with van der Waals surface area (Å²) in [5.41, 5.74) is 5.00. The number of hydrazine groups is 1. The van der Waals surface area contributed by atoms with E-state index in [1.54, 1.807) is 14.2 Å². The van der Waals surface area contributed by atoms with Crippen LogP contribution in [0.25, 0.3) is 0 Å². The maximum absolute atomic E-state index is 5.55. The van der Waals surface area contributed by atoms with Crippen molar-refractivity contribution in [3.05, 3.63) is 35.4 Å². The molecule has 4 heteroatoms. The van der Waals surface area contributed by atoms with E-state index in [0.29, 0.717) is 11.5 Å². The molecule has 3 N–H and O–H groups in total. The van der Waals surface area contributed by atoms with Crippen LogP contribution < -0.4 is 20.7 Å². The van der Waals surface area contributed by atoms with Gasteiger partial charge in [-0.2, -0.15) is 0 Å². The lowest BCUT2D eigenvalue weighted by molar-refractivity contribution is 0.354. The van der Waals surface area contributed by atoms with Crippen LogP contribution in [0, 0.1) is 0 Å². The van der Waals surface area contributed by atoms with Gasteiger partial charge >= 0.3 is 0 Å². The summed E-state index contributed by atoms with van der Waals surface area (Å²) in [4.78, 5) is 0. The van der Waals surface area contributed by atoms with Gasteiger partial charge in [0.25, 0.3) is 0 Å². The fraction of sp³-hybridized carbons (Fsp3) is 0.385. The van der Waals surface area contributed by atoms with Crippen molar-refractivity contribution in [2.75, 3.05) is 14.2 Å². The first-order valence-electron chi connectivity index (χ1n) is 5.45. The molecule has 0 aliphatic rings. The van der Waals surface area contributed by atoms with Crippen LogP contribution in [-0.4, -0.2) is 14.2 Å². The van der Waals surface area contributed by atoms with Crippen LogP contribution in [0.15, 0.2) is 29.8 Å². The minimum absolute atomic E-state index is 0.0280. The molecule has 4 nitrogen and oxygen atoms in total. The van der Waals surface area contributed by atoms with E-state index in [1.807, 2.05) is 32.0 Å². The van der Waals surface area contributed by atoms with Crippen molar-refractivity contribution in [3.63, 3.8) is 0 Å². The van der Waals surface area contributed by atoms with Gasteiger partial charge in [0.1, 0.15) is 0 Å². The number of rotatable bonds is 5. The van der Waals surface area contributed by atoms with E-state index < -0.39 is 0 Å². The molecule has 1 rings (SSSR count). The summed E-state index contributed by atoms with van der Waals surface area (Å²) in [5, 5.41) is 0. The van der Waals surface area contributed by atoms with Gasteiger partial charge in [-0.15, -0.1) is 0 Å². The highest BCUT2D eigenvalue weighted by Crippen LogP contribution is 2.30. The average Bonchev–Trinajstić information content (AvgIpc) is 2.34. The summed E-state index contributed by atoms with van der Waals surface area (Å²) in [5.74, 6) is 6.96. The molecular weight excluding hydrogens is 216 g/mol. The van der Waals surface area contributed by atoms with Crippen molar-refractivity contribution in [1.29, 1.82) is 0 Å². The maximum atomic E-state index is 5.55. The van der Waals surface area contributed by atoms with Gasteiger partial charge in [0.15, 0.2) is 11.5 Å². The van der Waals surface area contributed by atoms with E-state index in [-0.39, 0.29) is 6.04 Å². The van der Waals surface area contributed by atoms with Crippen molar-refractivity contribution in [2.24, 2.45) is 5.84 Å². The van der Waals surface area contributed by atoms with Crippen LogP contribution in [-0.2, 0) is 0 Å². The molecule has 0 saturated carbocycles. The van der Waals surface area contributed by atoms with Gasteiger partial charge in [-0.3, -0.25) is 5.84 Å². The Bertz CT molecular complexity index is 398. The number of nitrogens with two attached hydrogens (primary N) is 1. The molecule has 1 unspecified atom stereocenters. The number of hydrogen-bond acceptors (Lipinski definition) is 4. The summed E-state index contributed by atoms with van der Waals surface area (Å²) < 4.78 is 10.5. The van der Waals surface area contributed by atoms with Crippen molar-refractivity contribution in [1.82, 2.24) is 5.43 Å². The number of methoxy groups -OCH3 is 2. The van der Waals surface area contributed by atoms with E-state index in [1.165, 1.54) is 5.57 Å². The lowest BCUT2D eigenvalue weighted by Gasteiger charge is -2.15. The van der Waals surface area contributed by atoms with Gasteiger partial charge in [0.2, 0.25) is 0 Å². The molecule has 0 aliphatic carbocycles. The van der Waals surface area contributed by atoms with E-state index in [9.17, 15) is 0 Å². The third kappa shape index (κ3) is 3.47. The fourth-order valence-corrected chi connectivity index (χ4v) is 1.62. The Kier molecular flexibility index (Phi) is 5.00. The number of benzene rings is 1. The predicted octanol–water partition coefficient (Wildman–Crippen LogP) is 2.17. The fourth-order valence-electron chi connectivity index (χ4n) is 1.62. The Hall–Kier alpha value is -1.52. The highest BCUT2D eigenvalue weighted by atomic mass is 16.5. The van der Waals surface area contributed by atoms with Crippen molar-refractivity contribution in [2.45, 2.75) is 19.9 Å². The average molecular weight is 236 g/mol. The molecule has 0 saturated heterocycles. The standard InChI is InChI=1S/C13H20N2O2/c1-9(2)7-11(15-14)10-5-6-12(16-3)13(8-10)17-4/h5-8,11,15H,14H2,1-4H3. The Balaban J connectivity index is 3.09. The molecule has 94 valence electrons. The third-order valence-electron chi connectivity index (χ3n) is 2.45. The summed E-state index contributed by atoms with van der Waals surface area (Å²) >= 11 is 0. The van der Waals surface area contributed by atoms with Crippen LogP contribution in [0.5, 0.6) is 11.5 Å². The first kappa shape index (κ1) is 13.5. The molecule has 0 aromatic heterocycles. The molecule has 0 bridgehead atoms. The second-order valence-electron chi connectivity index (χ2n) is 4.00. The second kappa shape index (κ2) is 6.27. The number of hydrogen-bond donors (Lipinski definition) is 2. The van der Waals surface area contributed by atoms with Gasteiger partial charge in [-0.1, -0.05) is 17.7 Å². The van der Waals surface area contributed by atoms with Crippen LogP contribution in [0.1, 0.15) is 25.5 Å². The van der Waals surface area contributed by atoms with Crippen LogP contribution in [0.4, 0.5) is 0 Å². The lowest BCUT2D eigenvalue weighted by Crippen LogP contribution is -2.26. The van der Waals surface area contributed by atoms with E-state index >= 15 is 0 Å². The zero-order valence-corrected chi connectivity index (χ0v) is 10.8. The van der Waals surface area contributed by atoms with Crippen LogP contribution in [0.2, 0.25) is 0 Å². The summed E-state index contributed by atoms with van der Waals surface area (Å²) in [6.07, 6.45) is 2.06. The third-order valence-corrected chi connectivity index (χ3v) is 2.45. The van der Waals surface area contributed by atoms with Crippen molar-refractivity contribution >= 4 is 0 Å². The number of nitrogens with one attached hydrogen (secondary N) is 1. The van der Waals surface area contributed by atoms with Crippen LogP contribution >= 0.6 is 0 Å². The smallest absolute Gasteiger partial charge is 0.161 e. The topological polar surface area (TPSA) is 56.5 Å². The summed E-state index contributed by atoms with van der Waals surface area (Å²) in [7, 11) is 3.24. The SMILES string of the molecule is COc1ccc(C(C=C(C)C)NN)cc1OC. The second-order valence-corrected chi connectivity index (χ2v) is 4.00. The number of ether oxygens (including phenoxy) is 2. The minimum atomic E-state index is -0.0280. The molecule has 1 atom stereocenters. The quantitative estimate of drug-likeness (QED) is 0.467. The molecule has 17 heavy (non-hydrogen) atoms. The van der Waals surface area contributed by atoms with Gasteiger partial charge in [-0.25, -0.2) is 5.43 Å². The minimum Gasteiger partial charge on any atom is -0.493 e. The van der Waals surface area contributed by atoms with E-state index in [2.05, 4.69) is 11.5 Å². The van der Waals surface area contributed by atoms with Gasteiger partial charge in [-0.05, 0) is 31.5 Å². The van der Waals surface area contributed by atoms with Gasteiger partial charge < -0.3 is 9.47 Å².